The van der Waals surface area contributed by atoms with Gasteiger partial charge in [-0.2, -0.15) is 0 Å². The Balaban J connectivity index is 1.78. The Morgan fingerprint density at radius 2 is 1.90 bits per heavy atom. The Labute approximate surface area is 199 Å². The van der Waals surface area contributed by atoms with Gasteiger partial charge in [-0.25, -0.2) is 14.7 Å². The second-order valence-electron chi connectivity index (χ2n) is 7.93. The van der Waals surface area contributed by atoms with E-state index in [-0.39, 0.29) is 12.0 Å². The van der Waals surface area contributed by atoms with E-state index < -0.39 is 6.23 Å². The number of rotatable bonds is 15. The number of unbranched alkanes of at least 4 members (excludes halogenated alkanes) is 8. The number of amides is 2. The van der Waals surface area contributed by atoms with Gasteiger partial charge in [-0.05, 0) is 35.7 Å². The van der Waals surface area contributed by atoms with Crippen molar-refractivity contribution in [2.75, 3.05) is 18.0 Å². The maximum absolute atomic E-state index is 12.9. The molecule has 2 rings (SSSR count). The molecule has 6 nitrogen and oxygen atoms in total. The van der Waals surface area contributed by atoms with Gasteiger partial charge >= 0.3 is 12.0 Å². The summed E-state index contributed by atoms with van der Waals surface area (Å²) in [6, 6.07) is -0.160. The number of hydrogen-bond acceptors (Lipinski definition) is 5. The number of thiazole rings is 1. The van der Waals surface area contributed by atoms with E-state index in [1.165, 1.54) is 61.2 Å². The van der Waals surface area contributed by atoms with E-state index in [0.29, 0.717) is 24.6 Å². The third kappa shape index (κ3) is 8.93. The third-order valence-electron chi connectivity index (χ3n) is 5.37. The second kappa shape index (κ2) is 14.6. The molecule has 31 heavy (non-hydrogen) atoms. The largest absolute Gasteiger partial charge is 0.439 e. The molecule has 1 aliphatic heterocycles. The number of anilines is 1. The molecule has 1 atom stereocenters. The molecule has 2 heterocycles. The van der Waals surface area contributed by atoms with Gasteiger partial charge in [0.2, 0.25) is 6.23 Å². The van der Waals surface area contributed by atoms with E-state index in [1.807, 2.05) is 19.1 Å². The fourth-order valence-corrected chi connectivity index (χ4v) is 4.87. The fraction of sp³-hybridized carbons (Fsp3) is 0.696. The lowest BCUT2D eigenvalue weighted by molar-refractivity contribution is -0.148. The summed E-state index contributed by atoms with van der Waals surface area (Å²) in [6.07, 6.45) is 17.0. The van der Waals surface area contributed by atoms with Crippen LogP contribution in [0.4, 0.5) is 9.93 Å². The molecule has 1 fully saturated rings. The minimum atomic E-state index is -0.623. The summed E-state index contributed by atoms with van der Waals surface area (Å²) in [5.41, 5.74) is 0. The van der Waals surface area contributed by atoms with Crippen molar-refractivity contribution < 1.29 is 14.3 Å². The molecule has 0 saturated carbocycles. The number of hydrogen-bond donors (Lipinski definition) is 0. The molecule has 1 aromatic heterocycles. The molecule has 174 valence electrons. The number of nitrogens with zero attached hydrogens (tertiary/aromatic N) is 3. The van der Waals surface area contributed by atoms with Gasteiger partial charge in [-0.15, -0.1) is 0 Å². The molecule has 8 heteroatoms. The second-order valence-corrected chi connectivity index (χ2v) is 10.3. The van der Waals surface area contributed by atoms with Gasteiger partial charge in [0.15, 0.2) is 5.13 Å². The summed E-state index contributed by atoms with van der Waals surface area (Å²) >= 11 is 4.76. The topological polar surface area (TPSA) is 62.7 Å². The monoisotopic (exact) mass is 513 g/mol. The van der Waals surface area contributed by atoms with E-state index >= 15 is 0 Å². The third-order valence-corrected chi connectivity index (χ3v) is 6.84. The summed E-state index contributed by atoms with van der Waals surface area (Å²) in [5, 5.41) is 0.547. The highest BCUT2D eigenvalue weighted by Gasteiger charge is 2.41. The highest BCUT2D eigenvalue weighted by atomic mass is 79.9. The number of esters is 1. The Morgan fingerprint density at radius 1 is 1.23 bits per heavy atom. The van der Waals surface area contributed by atoms with Crippen LogP contribution in [0.25, 0.3) is 0 Å². The quantitative estimate of drug-likeness (QED) is 0.145. The first kappa shape index (κ1) is 25.8. The Bertz CT molecular complexity index is 710. The lowest BCUT2D eigenvalue weighted by atomic mass is 10.1. The zero-order valence-corrected chi connectivity index (χ0v) is 21.3. The highest BCUT2D eigenvalue weighted by Crippen LogP contribution is 2.32. The first-order chi connectivity index (χ1) is 15.1. The van der Waals surface area contributed by atoms with Crippen LogP contribution in [0.15, 0.2) is 22.1 Å². The first-order valence-electron chi connectivity index (χ1n) is 11.6. The molecule has 0 N–H and O–H groups in total. The number of urea groups is 1. The van der Waals surface area contributed by atoms with Crippen LogP contribution in [-0.2, 0) is 9.53 Å². The molecule has 2 amide bonds. The van der Waals surface area contributed by atoms with E-state index in [1.54, 1.807) is 11.1 Å². The number of aromatic nitrogens is 1. The predicted octanol–water partition coefficient (Wildman–Crippen LogP) is 6.90. The summed E-state index contributed by atoms with van der Waals surface area (Å²) in [6.45, 7) is 5.16. The lowest BCUT2D eigenvalue weighted by Gasteiger charge is -2.20. The molecule has 0 aliphatic carbocycles. The zero-order chi connectivity index (χ0) is 22.5. The highest BCUT2D eigenvalue weighted by molar-refractivity contribution is 9.11. The number of carbonyl (C=O) groups excluding carboxylic acids is 2. The van der Waals surface area contributed by atoms with Crippen LogP contribution in [0, 0.1) is 0 Å². The number of halogens is 1. The summed E-state index contributed by atoms with van der Waals surface area (Å²) < 4.78 is 6.56. The lowest BCUT2D eigenvalue weighted by Crippen LogP contribution is -2.37. The number of allylic oxidation sites excluding steroid dienone is 1. The van der Waals surface area contributed by atoms with Crippen molar-refractivity contribution in [1.29, 1.82) is 0 Å². The molecule has 0 bridgehead atoms. The Kier molecular flexibility index (Phi) is 12.2. The summed E-state index contributed by atoms with van der Waals surface area (Å²) in [4.78, 5) is 32.9. The van der Waals surface area contributed by atoms with Crippen molar-refractivity contribution >= 4 is 44.4 Å². The molecule has 0 radical (unpaired) electrons. The van der Waals surface area contributed by atoms with Crippen molar-refractivity contribution in [2.45, 2.75) is 90.7 Å². The van der Waals surface area contributed by atoms with Gasteiger partial charge < -0.3 is 9.64 Å². The summed E-state index contributed by atoms with van der Waals surface area (Å²) in [7, 11) is 0. The minimum Gasteiger partial charge on any atom is -0.439 e. The molecule has 0 aromatic carbocycles. The van der Waals surface area contributed by atoms with E-state index in [2.05, 4.69) is 27.8 Å². The number of carbonyl (C=O) groups is 2. The SMILES string of the molecule is CC=CCCN1CC(OC(=O)CCCCCCCCCCC)N(c2ncc(Br)s2)C1=O. The van der Waals surface area contributed by atoms with Gasteiger partial charge in [0, 0.05) is 13.0 Å². The molecule has 0 spiro atoms. The van der Waals surface area contributed by atoms with Crippen molar-refractivity contribution in [2.24, 2.45) is 0 Å². The average Bonchev–Trinajstić information content (AvgIpc) is 3.29. The minimum absolute atomic E-state index is 0.160. The van der Waals surface area contributed by atoms with E-state index in [4.69, 9.17) is 4.74 Å². The van der Waals surface area contributed by atoms with Crippen molar-refractivity contribution in [3.05, 3.63) is 22.1 Å². The smallest absolute Gasteiger partial charge is 0.329 e. The fourth-order valence-electron chi connectivity index (χ4n) is 3.65. The molecular weight excluding hydrogens is 478 g/mol. The van der Waals surface area contributed by atoms with Crippen molar-refractivity contribution in [3.8, 4) is 0 Å². The van der Waals surface area contributed by atoms with Crippen LogP contribution in [0.5, 0.6) is 0 Å². The van der Waals surface area contributed by atoms with Crippen LogP contribution in [0.1, 0.15) is 84.5 Å². The van der Waals surface area contributed by atoms with Gasteiger partial charge in [0.05, 0.1) is 16.5 Å². The molecular formula is C23H36BrN3O3S. The summed E-state index contributed by atoms with van der Waals surface area (Å²) in [5.74, 6) is -0.239. The van der Waals surface area contributed by atoms with Crippen molar-refractivity contribution in [3.63, 3.8) is 0 Å². The zero-order valence-electron chi connectivity index (χ0n) is 18.9. The molecule has 1 aromatic rings. The normalized spacial score (nSPS) is 16.6. The van der Waals surface area contributed by atoms with E-state index in [0.717, 1.165) is 23.0 Å². The maximum Gasteiger partial charge on any atom is 0.329 e. The molecule has 1 aliphatic rings. The van der Waals surface area contributed by atoms with Gasteiger partial charge in [0.25, 0.3) is 0 Å². The van der Waals surface area contributed by atoms with Crippen LogP contribution in [0.3, 0.4) is 0 Å². The van der Waals surface area contributed by atoms with Crippen LogP contribution < -0.4 is 4.90 Å². The predicted molar refractivity (Wildman–Crippen MR) is 130 cm³/mol. The maximum atomic E-state index is 12.9. The molecule has 1 saturated heterocycles. The van der Waals surface area contributed by atoms with Crippen LogP contribution in [-0.4, -0.2) is 41.2 Å². The Morgan fingerprint density at radius 3 is 2.52 bits per heavy atom. The van der Waals surface area contributed by atoms with Gasteiger partial charge in [0.1, 0.15) is 0 Å². The Hall–Kier alpha value is -1.41. The van der Waals surface area contributed by atoms with Crippen molar-refractivity contribution in [1.82, 2.24) is 9.88 Å². The first-order valence-corrected chi connectivity index (χ1v) is 13.2. The number of ether oxygens (including phenoxy) is 1. The standard InChI is InChI=1S/C23H36BrN3O3S/c1-3-5-7-8-9-10-11-12-13-15-21(28)30-20-18-26(16-14-6-4-2)23(29)27(20)22-25-17-19(24)31-22/h4,6,17,20H,3,5,7-16,18H2,1-2H3. The van der Waals surface area contributed by atoms with Gasteiger partial charge in [-0.1, -0.05) is 81.8 Å². The van der Waals surface area contributed by atoms with E-state index in [9.17, 15) is 9.59 Å². The average molecular weight is 515 g/mol. The van der Waals surface area contributed by atoms with Gasteiger partial charge in [-0.3, -0.25) is 4.79 Å². The van der Waals surface area contributed by atoms with Crippen LogP contribution in [0.2, 0.25) is 0 Å². The van der Waals surface area contributed by atoms with Crippen LogP contribution >= 0.6 is 27.3 Å². The molecule has 1 unspecified atom stereocenters.